The van der Waals surface area contributed by atoms with E-state index in [4.69, 9.17) is 4.74 Å². The minimum atomic E-state index is -0.553. The minimum absolute atomic E-state index is 0.138. The Morgan fingerprint density at radius 3 is 2.09 bits per heavy atom. The van der Waals surface area contributed by atoms with E-state index in [1.165, 1.54) is 0 Å². The molecular formula is C20H22O3. The zero-order chi connectivity index (χ0) is 16.7. The van der Waals surface area contributed by atoms with Crippen LogP contribution >= 0.6 is 0 Å². The molecule has 0 amide bonds. The molecule has 0 saturated carbocycles. The van der Waals surface area contributed by atoms with Crippen LogP contribution in [-0.4, -0.2) is 11.1 Å². The summed E-state index contributed by atoms with van der Waals surface area (Å²) in [7, 11) is 0. The fourth-order valence-corrected chi connectivity index (χ4v) is 3.00. The third-order valence-electron chi connectivity index (χ3n) is 4.49. The largest absolute Gasteiger partial charge is 0.508 e. The van der Waals surface area contributed by atoms with E-state index < -0.39 is 5.92 Å². The monoisotopic (exact) mass is 310 g/mol. The Kier molecular flexibility index (Phi) is 3.88. The van der Waals surface area contributed by atoms with E-state index in [1.54, 1.807) is 6.07 Å². The molecule has 0 fully saturated rings. The fourth-order valence-electron chi connectivity index (χ4n) is 3.00. The smallest absolute Gasteiger partial charge is 0.323 e. The van der Waals surface area contributed by atoms with Gasteiger partial charge in [0, 0.05) is 11.1 Å². The molecule has 0 saturated heterocycles. The number of rotatable bonds is 3. The molecule has 0 radical (unpaired) electrons. The van der Waals surface area contributed by atoms with Gasteiger partial charge in [0.05, 0.1) is 0 Å². The molecule has 3 heteroatoms. The number of carbonyl (C=O) groups is 1. The lowest BCUT2D eigenvalue weighted by molar-refractivity contribution is -0.133. The Bertz CT molecular complexity index is 759. The molecule has 1 heterocycles. The van der Waals surface area contributed by atoms with E-state index in [0.29, 0.717) is 23.1 Å². The van der Waals surface area contributed by atoms with Crippen molar-refractivity contribution in [2.45, 2.75) is 45.4 Å². The molecule has 120 valence electrons. The zero-order valence-electron chi connectivity index (χ0n) is 14.0. The first-order valence-electron chi connectivity index (χ1n) is 8.06. The minimum Gasteiger partial charge on any atom is -0.508 e. The summed E-state index contributed by atoms with van der Waals surface area (Å²) in [6.45, 7) is 8.42. The van der Waals surface area contributed by atoms with E-state index in [1.807, 2.05) is 30.3 Å². The average Bonchev–Trinajstić information content (AvgIpc) is 2.82. The number of carbonyl (C=O) groups excluding carboxylic acids is 1. The van der Waals surface area contributed by atoms with Crippen LogP contribution < -0.4 is 4.74 Å². The molecule has 1 aliphatic heterocycles. The van der Waals surface area contributed by atoms with E-state index in [-0.39, 0.29) is 11.7 Å². The molecule has 1 N–H and O–H groups in total. The van der Waals surface area contributed by atoms with Crippen molar-refractivity contribution in [1.29, 1.82) is 0 Å². The zero-order valence-corrected chi connectivity index (χ0v) is 14.0. The van der Waals surface area contributed by atoms with E-state index in [2.05, 4.69) is 27.7 Å². The van der Waals surface area contributed by atoms with Crippen LogP contribution in [0.25, 0.3) is 0 Å². The van der Waals surface area contributed by atoms with Gasteiger partial charge in [0.1, 0.15) is 17.4 Å². The Morgan fingerprint density at radius 1 is 0.913 bits per heavy atom. The van der Waals surface area contributed by atoms with Crippen LogP contribution in [0.5, 0.6) is 11.5 Å². The van der Waals surface area contributed by atoms with Gasteiger partial charge in [-0.3, -0.25) is 4.79 Å². The number of phenolic OH excluding ortho intramolecular Hbond substituents is 1. The van der Waals surface area contributed by atoms with E-state index in [9.17, 15) is 9.90 Å². The van der Waals surface area contributed by atoms with Crippen LogP contribution in [0.4, 0.5) is 0 Å². The van der Waals surface area contributed by atoms with Crippen LogP contribution in [0.2, 0.25) is 0 Å². The molecule has 3 rings (SSSR count). The third-order valence-corrected chi connectivity index (χ3v) is 4.49. The summed E-state index contributed by atoms with van der Waals surface area (Å²) in [6, 6.07) is 11.4. The van der Waals surface area contributed by atoms with Crippen molar-refractivity contribution >= 4 is 5.97 Å². The van der Waals surface area contributed by atoms with Crippen LogP contribution in [0.15, 0.2) is 36.4 Å². The summed E-state index contributed by atoms with van der Waals surface area (Å²) < 4.78 is 5.41. The van der Waals surface area contributed by atoms with Gasteiger partial charge in [0.15, 0.2) is 0 Å². The van der Waals surface area contributed by atoms with Gasteiger partial charge in [0.25, 0.3) is 0 Å². The molecule has 0 spiro atoms. The second-order valence-corrected chi connectivity index (χ2v) is 6.78. The highest BCUT2D eigenvalue weighted by Gasteiger charge is 2.36. The number of hydrogen-bond donors (Lipinski definition) is 1. The number of aromatic hydroxyl groups is 1. The second-order valence-electron chi connectivity index (χ2n) is 6.78. The first kappa shape index (κ1) is 15.6. The maximum Gasteiger partial charge on any atom is 0.323 e. The molecule has 2 aromatic carbocycles. The topological polar surface area (TPSA) is 46.5 Å². The van der Waals surface area contributed by atoms with Crippen molar-refractivity contribution in [1.82, 2.24) is 0 Å². The SMILES string of the molecule is CC(C)c1ccc(O)c(C2C(=O)Oc3ccc(C(C)C)cc32)c1. The van der Waals surface area contributed by atoms with Crippen molar-refractivity contribution in [2.75, 3.05) is 0 Å². The molecular weight excluding hydrogens is 288 g/mol. The number of hydrogen-bond acceptors (Lipinski definition) is 3. The normalized spacial score (nSPS) is 16.8. The first-order valence-corrected chi connectivity index (χ1v) is 8.06. The number of benzene rings is 2. The molecule has 23 heavy (non-hydrogen) atoms. The van der Waals surface area contributed by atoms with Gasteiger partial charge >= 0.3 is 5.97 Å². The van der Waals surface area contributed by atoms with Crippen LogP contribution in [0.1, 0.15) is 67.7 Å². The van der Waals surface area contributed by atoms with Gasteiger partial charge < -0.3 is 9.84 Å². The summed E-state index contributed by atoms with van der Waals surface area (Å²) in [6.07, 6.45) is 0. The van der Waals surface area contributed by atoms with Crippen molar-refractivity contribution in [3.63, 3.8) is 0 Å². The van der Waals surface area contributed by atoms with Gasteiger partial charge in [-0.25, -0.2) is 0 Å². The predicted molar refractivity (Wildman–Crippen MR) is 90.2 cm³/mol. The van der Waals surface area contributed by atoms with Crippen molar-refractivity contribution in [2.24, 2.45) is 0 Å². The fraction of sp³-hybridized carbons (Fsp3) is 0.350. The van der Waals surface area contributed by atoms with Gasteiger partial charge in [-0.15, -0.1) is 0 Å². The van der Waals surface area contributed by atoms with Gasteiger partial charge in [-0.05, 0) is 35.1 Å². The number of phenols is 1. The quantitative estimate of drug-likeness (QED) is 0.661. The molecule has 1 atom stereocenters. The molecule has 0 aromatic heterocycles. The summed E-state index contributed by atoms with van der Waals surface area (Å²) in [4.78, 5) is 12.4. The molecule has 3 nitrogen and oxygen atoms in total. The average molecular weight is 310 g/mol. The Hall–Kier alpha value is -2.29. The van der Waals surface area contributed by atoms with Crippen molar-refractivity contribution < 1.29 is 14.6 Å². The maximum absolute atomic E-state index is 12.4. The third kappa shape index (κ3) is 2.72. The molecule has 2 aromatic rings. The first-order chi connectivity index (χ1) is 10.9. The Balaban J connectivity index is 2.13. The van der Waals surface area contributed by atoms with Crippen molar-refractivity contribution in [3.8, 4) is 11.5 Å². The maximum atomic E-state index is 12.4. The van der Waals surface area contributed by atoms with Gasteiger partial charge in [-0.2, -0.15) is 0 Å². The predicted octanol–water partition coefficient (Wildman–Crippen LogP) is 4.69. The summed E-state index contributed by atoms with van der Waals surface area (Å²) in [5.41, 5.74) is 3.73. The van der Waals surface area contributed by atoms with Crippen molar-refractivity contribution in [3.05, 3.63) is 58.7 Å². The number of esters is 1. The lowest BCUT2D eigenvalue weighted by Crippen LogP contribution is -2.12. The van der Waals surface area contributed by atoms with Gasteiger partial charge in [0.2, 0.25) is 0 Å². The Morgan fingerprint density at radius 2 is 1.48 bits per heavy atom. The summed E-state index contributed by atoms with van der Waals surface area (Å²) >= 11 is 0. The molecule has 0 aliphatic carbocycles. The van der Waals surface area contributed by atoms with Crippen LogP contribution in [-0.2, 0) is 4.79 Å². The summed E-state index contributed by atoms with van der Waals surface area (Å²) in [5.74, 6) is 0.554. The highest BCUT2D eigenvalue weighted by molar-refractivity contribution is 5.90. The van der Waals surface area contributed by atoms with Crippen LogP contribution in [0, 0.1) is 0 Å². The van der Waals surface area contributed by atoms with Crippen LogP contribution in [0.3, 0.4) is 0 Å². The van der Waals surface area contributed by atoms with E-state index in [0.717, 1.165) is 16.7 Å². The summed E-state index contributed by atoms with van der Waals surface area (Å²) in [5, 5.41) is 10.3. The lowest BCUT2D eigenvalue weighted by atomic mass is 9.87. The lowest BCUT2D eigenvalue weighted by Gasteiger charge is -2.15. The number of ether oxygens (including phenoxy) is 1. The highest BCUT2D eigenvalue weighted by Crippen LogP contribution is 2.43. The Labute approximate surface area is 136 Å². The standard InChI is InChI=1S/C20H22O3/c1-11(2)13-5-7-17(21)15(9-13)19-16-10-14(12(3)4)6-8-18(16)23-20(19)22/h5-12,19,21H,1-4H3. The second kappa shape index (κ2) is 5.73. The van der Waals surface area contributed by atoms with Gasteiger partial charge in [-0.1, -0.05) is 52.0 Å². The van der Waals surface area contributed by atoms with E-state index >= 15 is 0 Å². The number of fused-ring (bicyclic) bond motifs is 1. The molecule has 0 bridgehead atoms. The molecule has 1 aliphatic rings. The highest BCUT2D eigenvalue weighted by atomic mass is 16.5. The molecule has 1 unspecified atom stereocenters.